The van der Waals surface area contributed by atoms with Crippen molar-refractivity contribution in [1.29, 1.82) is 0 Å². The lowest BCUT2D eigenvalue weighted by molar-refractivity contribution is -0.0495. The van der Waals surface area contributed by atoms with Crippen LogP contribution in [0.15, 0.2) is 0 Å². The Morgan fingerprint density at radius 2 is 1.94 bits per heavy atom. The van der Waals surface area contributed by atoms with Crippen LogP contribution >= 0.6 is 0 Å². The van der Waals surface area contributed by atoms with Gasteiger partial charge in [0.05, 0.1) is 18.2 Å². The highest BCUT2D eigenvalue weighted by Crippen LogP contribution is 2.37. The van der Waals surface area contributed by atoms with Crippen molar-refractivity contribution in [3.05, 3.63) is 0 Å². The molecule has 0 aromatic rings. The summed E-state index contributed by atoms with van der Waals surface area (Å²) in [5, 5.41) is 19.8. The molecule has 5 heteroatoms. The number of rotatable bonds is 2. The van der Waals surface area contributed by atoms with Crippen molar-refractivity contribution >= 4 is 6.09 Å². The molecular formula is C13H23NO4. The number of carbonyl (C=O) groups is 1. The molecule has 2 aliphatic rings. The Balaban J connectivity index is 2.06. The van der Waals surface area contributed by atoms with Crippen LogP contribution in [0.1, 0.15) is 52.4 Å². The molecule has 0 aromatic carbocycles. The van der Waals surface area contributed by atoms with Crippen molar-refractivity contribution in [2.45, 2.75) is 69.7 Å². The quantitative estimate of drug-likeness (QED) is 0.795. The average Bonchev–Trinajstić information content (AvgIpc) is 2.54. The van der Waals surface area contributed by atoms with Crippen molar-refractivity contribution in [2.75, 3.05) is 6.61 Å². The minimum Gasteiger partial charge on any atom is -0.465 e. The number of aliphatic hydroxyl groups is 1. The number of hydrogen-bond acceptors (Lipinski definition) is 3. The number of hydrogen-bond donors (Lipinski definition) is 2. The van der Waals surface area contributed by atoms with Crippen LogP contribution in [0.2, 0.25) is 0 Å². The van der Waals surface area contributed by atoms with Crippen molar-refractivity contribution in [2.24, 2.45) is 0 Å². The lowest BCUT2D eigenvalue weighted by atomic mass is 9.80. The molecular weight excluding hydrogens is 234 g/mol. The summed E-state index contributed by atoms with van der Waals surface area (Å²) in [4.78, 5) is 12.7. The Bertz CT molecular complexity index is 323. The SMILES string of the molecule is CC1(C)OCC(CC2(O)CCCCC2)N1C(=O)O. The van der Waals surface area contributed by atoms with Crippen molar-refractivity contribution in [3.8, 4) is 0 Å². The van der Waals surface area contributed by atoms with E-state index in [1.807, 2.05) is 0 Å². The topological polar surface area (TPSA) is 70.0 Å². The van der Waals surface area contributed by atoms with Gasteiger partial charge in [0.25, 0.3) is 0 Å². The smallest absolute Gasteiger partial charge is 0.409 e. The molecule has 2 fully saturated rings. The summed E-state index contributed by atoms with van der Waals surface area (Å²) < 4.78 is 5.55. The zero-order chi connectivity index (χ0) is 13.4. The van der Waals surface area contributed by atoms with Gasteiger partial charge < -0.3 is 14.9 Å². The first kappa shape index (κ1) is 13.6. The zero-order valence-electron chi connectivity index (χ0n) is 11.2. The number of ether oxygens (including phenoxy) is 1. The highest BCUT2D eigenvalue weighted by molar-refractivity contribution is 5.66. The molecule has 0 radical (unpaired) electrons. The summed E-state index contributed by atoms with van der Waals surface area (Å²) in [5.74, 6) is 0. The Hall–Kier alpha value is -0.810. The summed E-state index contributed by atoms with van der Waals surface area (Å²) >= 11 is 0. The second-order valence-electron chi connectivity index (χ2n) is 6.05. The van der Waals surface area contributed by atoms with Crippen LogP contribution in [0.3, 0.4) is 0 Å². The zero-order valence-corrected chi connectivity index (χ0v) is 11.2. The fourth-order valence-electron chi connectivity index (χ4n) is 3.27. The van der Waals surface area contributed by atoms with Crippen LogP contribution < -0.4 is 0 Å². The third-order valence-corrected chi connectivity index (χ3v) is 4.18. The Morgan fingerprint density at radius 3 is 2.50 bits per heavy atom. The van der Waals surface area contributed by atoms with E-state index in [9.17, 15) is 15.0 Å². The van der Waals surface area contributed by atoms with Gasteiger partial charge >= 0.3 is 6.09 Å². The Labute approximate surface area is 108 Å². The van der Waals surface area contributed by atoms with Crippen LogP contribution in [0.5, 0.6) is 0 Å². The minimum absolute atomic E-state index is 0.236. The van der Waals surface area contributed by atoms with E-state index in [2.05, 4.69) is 0 Å². The number of nitrogens with zero attached hydrogens (tertiary/aromatic N) is 1. The predicted octanol–water partition coefficient (Wildman–Crippen LogP) is 2.19. The van der Waals surface area contributed by atoms with Crippen LogP contribution in [0.4, 0.5) is 4.79 Å². The Kier molecular flexibility index (Phi) is 3.56. The van der Waals surface area contributed by atoms with E-state index < -0.39 is 17.4 Å². The van der Waals surface area contributed by atoms with Crippen LogP contribution in [-0.2, 0) is 4.74 Å². The van der Waals surface area contributed by atoms with Crippen LogP contribution in [0.25, 0.3) is 0 Å². The summed E-state index contributed by atoms with van der Waals surface area (Å²) in [6.07, 6.45) is 4.29. The average molecular weight is 257 g/mol. The molecule has 2 N–H and O–H groups in total. The normalized spacial score (nSPS) is 30.4. The minimum atomic E-state index is -0.970. The van der Waals surface area contributed by atoms with Gasteiger partial charge in [0.15, 0.2) is 0 Å². The van der Waals surface area contributed by atoms with E-state index in [1.54, 1.807) is 13.8 Å². The molecule has 1 aliphatic heterocycles. The highest BCUT2D eigenvalue weighted by Gasteiger charge is 2.47. The molecule has 1 saturated carbocycles. The molecule has 1 saturated heterocycles. The van der Waals surface area contributed by atoms with Crippen LogP contribution in [-0.4, -0.2) is 45.2 Å². The first-order valence-corrected chi connectivity index (χ1v) is 6.73. The number of amides is 1. The molecule has 1 unspecified atom stereocenters. The monoisotopic (exact) mass is 257 g/mol. The lowest BCUT2D eigenvalue weighted by Crippen LogP contribution is -2.50. The number of carboxylic acid groups (broad SMARTS) is 1. The van der Waals surface area contributed by atoms with Gasteiger partial charge in [0.1, 0.15) is 5.72 Å². The van der Waals surface area contributed by atoms with E-state index in [4.69, 9.17) is 4.74 Å². The molecule has 1 amide bonds. The van der Waals surface area contributed by atoms with Crippen molar-refractivity contribution < 1.29 is 19.7 Å². The van der Waals surface area contributed by atoms with Crippen LogP contribution in [0, 0.1) is 0 Å². The highest BCUT2D eigenvalue weighted by atomic mass is 16.5. The Morgan fingerprint density at radius 1 is 1.33 bits per heavy atom. The third kappa shape index (κ3) is 2.62. The fourth-order valence-corrected chi connectivity index (χ4v) is 3.27. The van der Waals surface area contributed by atoms with Gasteiger partial charge in [-0.2, -0.15) is 0 Å². The first-order chi connectivity index (χ1) is 8.34. The second-order valence-corrected chi connectivity index (χ2v) is 6.05. The third-order valence-electron chi connectivity index (χ3n) is 4.18. The summed E-state index contributed by atoms with van der Waals surface area (Å²) in [7, 11) is 0. The first-order valence-electron chi connectivity index (χ1n) is 6.73. The molecule has 104 valence electrons. The molecule has 1 heterocycles. The molecule has 1 atom stereocenters. The maximum Gasteiger partial charge on any atom is 0.409 e. The van der Waals surface area contributed by atoms with Gasteiger partial charge in [0.2, 0.25) is 0 Å². The van der Waals surface area contributed by atoms with E-state index in [0.29, 0.717) is 13.0 Å². The standard InChI is InChI=1S/C13H23NO4/c1-12(2)14(11(15)16)10(9-18-12)8-13(17)6-4-3-5-7-13/h10,17H,3-9H2,1-2H3,(H,15,16). The second kappa shape index (κ2) is 4.70. The molecule has 18 heavy (non-hydrogen) atoms. The van der Waals surface area contributed by atoms with E-state index in [-0.39, 0.29) is 6.04 Å². The van der Waals surface area contributed by atoms with Crippen molar-refractivity contribution in [1.82, 2.24) is 4.90 Å². The van der Waals surface area contributed by atoms with Gasteiger partial charge in [-0.1, -0.05) is 19.3 Å². The van der Waals surface area contributed by atoms with Gasteiger partial charge in [-0.05, 0) is 33.1 Å². The predicted molar refractivity (Wildman–Crippen MR) is 66.3 cm³/mol. The molecule has 0 spiro atoms. The van der Waals surface area contributed by atoms with Crippen molar-refractivity contribution in [3.63, 3.8) is 0 Å². The van der Waals surface area contributed by atoms with Gasteiger partial charge in [-0.3, -0.25) is 4.90 Å². The van der Waals surface area contributed by atoms with E-state index >= 15 is 0 Å². The lowest BCUT2D eigenvalue weighted by Gasteiger charge is -2.37. The largest absolute Gasteiger partial charge is 0.465 e. The van der Waals surface area contributed by atoms with E-state index in [1.165, 1.54) is 4.90 Å². The molecule has 0 aromatic heterocycles. The molecule has 2 rings (SSSR count). The van der Waals surface area contributed by atoms with Gasteiger partial charge in [0, 0.05) is 0 Å². The molecule has 1 aliphatic carbocycles. The fraction of sp³-hybridized carbons (Fsp3) is 0.923. The maximum atomic E-state index is 11.3. The summed E-state index contributed by atoms with van der Waals surface area (Å²) in [5.41, 5.74) is -1.50. The molecule has 5 nitrogen and oxygen atoms in total. The summed E-state index contributed by atoms with van der Waals surface area (Å²) in [6.45, 7) is 3.89. The summed E-state index contributed by atoms with van der Waals surface area (Å²) in [6, 6.07) is -0.236. The molecule has 0 bridgehead atoms. The van der Waals surface area contributed by atoms with Gasteiger partial charge in [-0.15, -0.1) is 0 Å². The van der Waals surface area contributed by atoms with Gasteiger partial charge in [-0.25, -0.2) is 4.79 Å². The maximum absolute atomic E-state index is 11.3. The van der Waals surface area contributed by atoms with E-state index in [0.717, 1.165) is 32.1 Å².